The van der Waals surface area contributed by atoms with Crippen molar-refractivity contribution in [1.82, 2.24) is 4.90 Å². The maximum atomic E-state index is 13.2. The summed E-state index contributed by atoms with van der Waals surface area (Å²) in [6.07, 6.45) is 7.93. The van der Waals surface area contributed by atoms with Crippen LogP contribution >= 0.6 is 0 Å². The van der Waals surface area contributed by atoms with Crippen molar-refractivity contribution in [2.75, 3.05) is 0 Å². The van der Waals surface area contributed by atoms with E-state index >= 15 is 0 Å². The van der Waals surface area contributed by atoms with Gasteiger partial charge in [0.2, 0.25) is 9.84 Å². The summed E-state index contributed by atoms with van der Waals surface area (Å²) in [6.45, 7) is 8.48. The number of aryl methyl sites for hydroxylation is 1. The Morgan fingerprint density at radius 1 is 1.13 bits per heavy atom. The van der Waals surface area contributed by atoms with Crippen LogP contribution in [-0.2, 0) is 14.6 Å². The van der Waals surface area contributed by atoms with Crippen molar-refractivity contribution >= 4 is 15.9 Å². The molecule has 1 amide bonds. The molecule has 4 rings (SSSR count). The van der Waals surface area contributed by atoms with Crippen LogP contribution in [0.3, 0.4) is 0 Å². The molecule has 1 aliphatic carbocycles. The molecule has 1 saturated carbocycles. The third-order valence-electron chi connectivity index (χ3n) is 6.80. The fourth-order valence-electron chi connectivity index (χ4n) is 5.00. The summed E-state index contributed by atoms with van der Waals surface area (Å²) in [5.41, 5.74) is 1.00. The van der Waals surface area contributed by atoms with Crippen molar-refractivity contribution in [3.63, 3.8) is 0 Å². The second-order valence-corrected chi connectivity index (χ2v) is 11.3. The molecule has 0 spiro atoms. The van der Waals surface area contributed by atoms with Crippen molar-refractivity contribution in [1.29, 1.82) is 0 Å². The van der Waals surface area contributed by atoms with E-state index in [4.69, 9.17) is 4.74 Å². The van der Waals surface area contributed by atoms with Gasteiger partial charge in [0.25, 0.3) is 0 Å². The van der Waals surface area contributed by atoms with E-state index in [-0.39, 0.29) is 21.9 Å². The summed E-state index contributed by atoms with van der Waals surface area (Å²) >= 11 is 0. The third-order valence-corrected chi connectivity index (χ3v) is 8.69. The topological polar surface area (TPSA) is 63.7 Å². The molecule has 6 heteroatoms. The Morgan fingerprint density at radius 2 is 1.83 bits per heavy atom. The zero-order valence-electron chi connectivity index (χ0n) is 18.1. The molecule has 0 unspecified atom stereocenters. The fraction of sp³-hybridized carbons (Fsp3) is 0.542. The number of amides is 1. The molecule has 1 fully saturated rings. The maximum absolute atomic E-state index is 13.2. The van der Waals surface area contributed by atoms with Crippen LogP contribution in [0.4, 0.5) is 4.79 Å². The van der Waals surface area contributed by atoms with Crippen LogP contribution in [0.25, 0.3) is 0 Å². The van der Waals surface area contributed by atoms with Crippen LogP contribution in [-0.4, -0.2) is 37.6 Å². The van der Waals surface area contributed by atoms with Gasteiger partial charge in [-0.3, -0.25) is 4.90 Å². The van der Waals surface area contributed by atoms with E-state index in [9.17, 15) is 13.2 Å². The van der Waals surface area contributed by atoms with Crippen molar-refractivity contribution in [2.24, 2.45) is 17.8 Å². The first-order valence-electron chi connectivity index (χ1n) is 10.9. The highest BCUT2D eigenvalue weighted by Gasteiger charge is 2.46. The SMILES string of the molecule is Cc1ccc(S(=O)(=O)C2=C[C@@H]3C=C[C@H]2N3C(=O)O[C@@H]2C[C@H](C)CC[C@H]2C(C)C)cc1. The molecular weight excluding hydrogens is 398 g/mol. The summed E-state index contributed by atoms with van der Waals surface area (Å²) in [5, 5.41) is 0. The van der Waals surface area contributed by atoms with Gasteiger partial charge in [-0.05, 0) is 55.7 Å². The molecule has 2 heterocycles. The smallest absolute Gasteiger partial charge is 0.411 e. The summed E-state index contributed by atoms with van der Waals surface area (Å²) in [4.78, 5) is 15.2. The third kappa shape index (κ3) is 3.70. The van der Waals surface area contributed by atoms with Gasteiger partial charge in [-0.15, -0.1) is 0 Å². The lowest BCUT2D eigenvalue weighted by molar-refractivity contribution is -0.0106. The Balaban J connectivity index is 1.52. The van der Waals surface area contributed by atoms with Gasteiger partial charge in [0, 0.05) is 0 Å². The van der Waals surface area contributed by atoms with E-state index in [2.05, 4.69) is 20.8 Å². The normalized spacial score (nSPS) is 30.6. The minimum atomic E-state index is -3.66. The van der Waals surface area contributed by atoms with E-state index in [1.165, 1.54) is 0 Å². The number of carbonyl (C=O) groups excluding carboxylic acids is 1. The van der Waals surface area contributed by atoms with Crippen molar-refractivity contribution in [2.45, 2.75) is 70.0 Å². The van der Waals surface area contributed by atoms with Gasteiger partial charge in [-0.1, -0.05) is 57.0 Å². The van der Waals surface area contributed by atoms with Crippen molar-refractivity contribution in [3.05, 3.63) is 53.0 Å². The molecular formula is C24H31NO4S. The van der Waals surface area contributed by atoms with E-state index in [1.807, 2.05) is 13.0 Å². The molecule has 2 bridgehead atoms. The lowest BCUT2D eigenvalue weighted by atomic mass is 9.75. The molecule has 3 aliphatic rings. The fourth-order valence-corrected chi connectivity index (χ4v) is 6.60. The minimum absolute atomic E-state index is 0.113. The summed E-state index contributed by atoms with van der Waals surface area (Å²) in [7, 11) is -3.66. The number of ether oxygens (including phenoxy) is 1. The number of nitrogens with zero attached hydrogens (tertiary/aromatic N) is 1. The van der Waals surface area contributed by atoms with Gasteiger partial charge in [0.05, 0.1) is 21.9 Å². The Bertz CT molecular complexity index is 977. The van der Waals surface area contributed by atoms with Crippen LogP contribution in [0, 0.1) is 24.7 Å². The minimum Gasteiger partial charge on any atom is -0.446 e. The number of carbonyl (C=O) groups is 1. The van der Waals surface area contributed by atoms with Crippen LogP contribution < -0.4 is 0 Å². The number of sulfone groups is 1. The zero-order valence-corrected chi connectivity index (χ0v) is 18.9. The molecule has 162 valence electrons. The standard InChI is InChI=1S/C24H31NO4S/c1-15(2)20-11-7-17(4)13-22(20)29-24(26)25-18-8-12-21(25)23(14-18)30(27,28)19-9-5-16(3)6-10-19/h5-6,8-10,12,14-15,17-18,20-22H,7,11,13H2,1-4H3/t17-,18+,20+,21-,22-/m1/s1. The number of hydrogen-bond acceptors (Lipinski definition) is 4. The summed E-state index contributed by atoms with van der Waals surface area (Å²) in [5.74, 6) is 1.32. The summed E-state index contributed by atoms with van der Waals surface area (Å²) < 4.78 is 32.4. The molecule has 1 aromatic carbocycles. The summed E-state index contributed by atoms with van der Waals surface area (Å²) in [6, 6.07) is 5.88. The van der Waals surface area contributed by atoms with Gasteiger partial charge >= 0.3 is 6.09 Å². The van der Waals surface area contributed by atoms with Gasteiger partial charge in [-0.2, -0.15) is 0 Å². The molecule has 2 aliphatic heterocycles. The van der Waals surface area contributed by atoms with Crippen molar-refractivity contribution in [3.8, 4) is 0 Å². The van der Waals surface area contributed by atoms with Gasteiger partial charge in [-0.25, -0.2) is 13.2 Å². The number of fused-ring (bicyclic) bond motifs is 2. The Hall–Kier alpha value is -2.08. The first kappa shape index (κ1) is 21.2. The Morgan fingerprint density at radius 3 is 2.50 bits per heavy atom. The molecule has 0 radical (unpaired) electrons. The average molecular weight is 430 g/mol. The highest BCUT2D eigenvalue weighted by molar-refractivity contribution is 7.95. The predicted octanol–water partition coefficient (Wildman–Crippen LogP) is 4.87. The van der Waals surface area contributed by atoms with Crippen molar-refractivity contribution < 1.29 is 17.9 Å². The quantitative estimate of drug-likeness (QED) is 0.641. The second-order valence-electron chi connectivity index (χ2n) is 9.36. The molecule has 5 atom stereocenters. The lowest BCUT2D eigenvalue weighted by Gasteiger charge is -2.38. The van der Waals surface area contributed by atoms with Crippen LogP contribution in [0.15, 0.2) is 52.3 Å². The van der Waals surface area contributed by atoms with E-state index in [0.29, 0.717) is 17.8 Å². The van der Waals surface area contributed by atoms with Gasteiger partial charge in [0.1, 0.15) is 6.10 Å². The number of benzene rings is 1. The Labute approximate surface area is 179 Å². The van der Waals surface area contributed by atoms with Crippen LogP contribution in [0.5, 0.6) is 0 Å². The average Bonchev–Trinajstić information content (AvgIpc) is 3.27. The van der Waals surface area contributed by atoms with Crippen LogP contribution in [0.1, 0.15) is 45.6 Å². The molecule has 1 aromatic rings. The van der Waals surface area contributed by atoms with E-state index < -0.39 is 22.0 Å². The monoisotopic (exact) mass is 429 g/mol. The highest BCUT2D eigenvalue weighted by atomic mass is 32.2. The van der Waals surface area contributed by atoms with E-state index in [0.717, 1.165) is 24.8 Å². The second kappa shape index (κ2) is 7.88. The maximum Gasteiger partial charge on any atom is 0.411 e. The molecule has 0 N–H and O–H groups in total. The highest BCUT2D eigenvalue weighted by Crippen LogP contribution is 2.40. The molecule has 5 nitrogen and oxygen atoms in total. The lowest BCUT2D eigenvalue weighted by Crippen LogP contribution is -2.43. The zero-order chi connectivity index (χ0) is 21.6. The first-order chi connectivity index (χ1) is 14.2. The predicted molar refractivity (Wildman–Crippen MR) is 117 cm³/mol. The Kier molecular flexibility index (Phi) is 5.56. The van der Waals surface area contributed by atoms with Gasteiger partial charge in [0.15, 0.2) is 0 Å². The molecule has 0 saturated heterocycles. The molecule has 0 aromatic heterocycles. The van der Waals surface area contributed by atoms with Crippen LogP contribution in [0.2, 0.25) is 0 Å². The van der Waals surface area contributed by atoms with Gasteiger partial charge < -0.3 is 4.74 Å². The first-order valence-corrected chi connectivity index (χ1v) is 12.4. The van der Waals surface area contributed by atoms with E-state index in [1.54, 1.807) is 41.3 Å². The molecule has 30 heavy (non-hydrogen) atoms. The largest absolute Gasteiger partial charge is 0.446 e. The number of hydrogen-bond donors (Lipinski definition) is 0. The number of rotatable bonds is 4.